The molecule has 4 rings (SSSR count). The van der Waals surface area contributed by atoms with E-state index in [1.807, 2.05) is 6.07 Å². The minimum atomic E-state index is 0.163. The SMILES string of the molecule is O=C(CC1CN(c2ncccn2)Cc2cccn2C1)NCC1CC1. The number of rotatable bonds is 5. The summed E-state index contributed by atoms with van der Waals surface area (Å²) in [5, 5.41) is 3.09. The van der Waals surface area contributed by atoms with E-state index >= 15 is 0 Å². The predicted molar refractivity (Wildman–Crippen MR) is 91.4 cm³/mol. The van der Waals surface area contributed by atoms with Gasteiger partial charge in [0.05, 0.1) is 6.54 Å². The number of nitrogens with one attached hydrogen (secondary N) is 1. The van der Waals surface area contributed by atoms with Gasteiger partial charge in [-0.3, -0.25) is 4.79 Å². The van der Waals surface area contributed by atoms with Crippen molar-refractivity contribution in [3.05, 3.63) is 42.5 Å². The van der Waals surface area contributed by atoms with Gasteiger partial charge in [0.2, 0.25) is 11.9 Å². The largest absolute Gasteiger partial charge is 0.356 e. The van der Waals surface area contributed by atoms with E-state index in [1.54, 1.807) is 12.4 Å². The number of fused-ring (bicyclic) bond motifs is 1. The Balaban J connectivity index is 1.47. The number of anilines is 1. The van der Waals surface area contributed by atoms with Crippen molar-refractivity contribution in [2.75, 3.05) is 18.0 Å². The monoisotopic (exact) mass is 325 g/mol. The number of aromatic nitrogens is 3. The van der Waals surface area contributed by atoms with Crippen LogP contribution in [-0.4, -0.2) is 33.5 Å². The van der Waals surface area contributed by atoms with E-state index < -0.39 is 0 Å². The Morgan fingerprint density at radius 2 is 2.00 bits per heavy atom. The third-order valence-electron chi connectivity index (χ3n) is 4.80. The summed E-state index contributed by atoms with van der Waals surface area (Å²) < 4.78 is 2.25. The first-order valence-corrected chi connectivity index (χ1v) is 8.70. The fourth-order valence-corrected chi connectivity index (χ4v) is 3.33. The van der Waals surface area contributed by atoms with Gasteiger partial charge < -0.3 is 14.8 Å². The van der Waals surface area contributed by atoms with Crippen LogP contribution in [0.3, 0.4) is 0 Å². The lowest BCUT2D eigenvalue weighted by atomic mass is 10.0. The molecule has 1 N–H and O–H groups in total. The van der Waals surface area contributed by atoms with Crippen molar-refractivity contribution in [1.82, 2.24) is 19.9 Å². The molecule has 0 aromatic carbocycles. The van der Waals surface area contributed by atoms with Crippen molar-refractivity contribution in [2.45, 2.75) is 32.4 Å². The Bertz CT molecular complexity index is 694. The summed E-state index contributed by atoms with van der Waals surface area (Å²) in [5.74, 6) is 1.86. The van der Waals surface area contributed by atoms with E-state index in [0.29, 0.717) is 12.3 Å². The van der Waals surface area contributed by atoms with Gasteiger partial charge in [-0.25, -0.2) is 9.97 Å². The van der Waals surface area contributed by atoms with Crippen molar-refractivity contribution in [1.29, 1.82) is 0 Å². The first-order valence-electron chi connectivity index (χ1n) is 8.70. The molecule has 2 aromatic heterocycles. The maximum absolute atomic E-state index is 12.3. The van der Waals surface area contributed by atoms with E-state index in [4.69, 9.17) is 0 Å². The quantitative estimate of drug-likeness (QED) is 0.911. The Labute approximate surface area is 141 Å². The van der Waals surface area contributed by atoms with Crippen LogP contribution < -0.4 is 10.2 Å². The number of amides is 1. The second-order valence-corrected chi connectivity index (χ2v) is 6.90. The number of hydrogen-bond acceptors (Lipinski definition) is 4. The molecule has 1 aliphatic heterocycles. The molecule has 2 aliphatic rings. The van der Waals surface area contributed by atoms with E-state index in [2.05, 4.69) is 43.1 Å². The molecule has 1 fully saturated rings. The first kappa shape index (κ1) is 15.2. The maximum atomic E-state index is 12.3. The Hall–Kier alpha value is -2.37. The van der Waals surface area contributed by atoms with Gasteiger partial charge in [0.25, 0.3) is 0 Å². The van der Waals surface area contributed by atoms with Gasteiger partial charge in [-0.1, -0.05) is 0 Å². The van der Waals surface area contributed by atoms with Crippen LogP contribution in [-0.2, 0) is 17.9 Å². The van der Waals surface area contributed by atoms with Gasteiger partial charge in [-0.2, -0.15) is 0 Å². The molecule has 0 spiro atoms. The third-order valence-corrected chi connectivity index (χ3v) is 4.80. The molecule has 1 amide bonds. The highest BCUT2D eigenvalue weighted by Crippen LogP contribution is 2.28. The van der Waals surface area contributed by atoms with Crippen molar-refractivity contribution in [3.63, 3.8) is 0 Å². The molecule has 3 heterocycles. The summed E-state index contributed by atoms with van der Waals surface area (Å²) >= 11 is 0. The van der Waals surface area contributed by atoms with Crippen LogP contribution in [0.2, 0.25) is 0 Å². The van der Waals surface area contributed by atoms with Gasteiger partial charge in [-0.05, 0) is 37.0 Å². The highest BCUT2D eigenvalue weighted by Gasteiger charge is 2.26. The fourth-order valence-electron chi connectivity index (χ4n) is 3.33. The average molecular weight is 325 g/mol. The van der Waals surface area contributed by atoms with Gasteiger partial charge in [0.15, 0.2) is 0 Å². The van der Waals surface area contributed by atoms with E-state index in [-0.39, 0.29) is 11.8 Å². The summed E-state index contributed by atoms with van der Waals surface area (Å²) in [7, 11) is 0. The number of hydrogen-bond donors (Lipinski definition) is 1. The molecule has 2 aromatic rings. The van der Waals surface area contributed by atoms with Gasteiger partial charge in [0.1, 0.15) is 0 Å². The second-order valence-electron chi connectivity index (χ2n) is 6.90. The van der Waals surface area contributed by atoms with Gasteiger partial charge in [0, 0.05) is 56.3 Å². The van der Waals surface area contributed by atoms with Gasteiger partial charge in [-0.15, -0.1) is 0 Å². The normalized spacial score (nSPS) is 20.3. The zero-order valence-corrected chi connectivity index (χ0v) is 13.8. The van der Waals surface area contributed by atoms with Crippen LogP contribution in [0.4, 0.5) is 5.95 Å². The van der Waals surface area contributed by atoms with Crippen LogP contribution in [0.1, 0.15) is 25.0 Å². The minimum Gasteiger partial charge on any atom is -0.356 e. The molecule has 1 atom stereocenters. The van der Waals surface area contributed by atoms with Crippen molar-refractivity contribution < 1.29 is 4.79 Å². The molecule has 6 nitrogen and oxygen atoms in total. The van der Waals surface area contributed by atoms with Crippen LogP contribution in [0, 0.1) is 11.8 Å². The fraction of sp³-hybridized carbons (Fsp3) is 0.500. The lowest BCUT2D eigenvalue weighted by Gasteiger charge is -2.23. The zero-order chi connectivity index (χ0) is 16.4. The maximum Gasteiger partial charge on any atom is 0.225 e. The number of carbonyl (C=O) groups excluding carboxylic acids is 1. The van der Waals surface area contributed by atoms with Crippen LogP contribution >= 0.6 is 0 Å². The molecule has 24 heavy (non-hydrogen) atoms. The summed E-state index contributed by atoms with van der Waals surface area (Å²) in [6.07, 6.45) is 8.70. The number of nitrogens with zero attached hydrogens (tertiary/aromatic N) is 4. The molecule has 6 heteroatoms. The molecule has 1 aliphatic carbocycles. The standard InChI is InChI=1S/C18H23N5O/c24-17(21-10-14-4-5-14)9-15-11-22-8-1-3-16(22)13-23(12-15)18-19-6-2-7-20-18/h1-3,6-8,14-15H,4-5,9-13H2,(H,21,24). The Kier molecular flexibility index (Phi) is 4.19. The molecule has 126 valence electrons. The highest BCUT2D eigenvalue weighted by molar-refractivity contribution is 5.76. The lowest BCUT2D eigenvalue weighted by Crippen LogP contribution is -2.34. The van der Waals surface area contributed by atoms with Crippen molar-refractivity contribution in [2.24, 2.45) is 11.8 Å². The zero-order valence-electron chi connectivity index (χ0n) is 13.8. The summed E-state index contributed by atoms with van der Waals surface area (Å²) in [6, 6.07) is 6.02. The third kappa shape index (κ3) is 3.58. The molecular weight excluding hydrogens is 302 g/mol. The summed E-state index contributed by atoms with van der Waals surface area (Å²) in [4.78, 5) is 23.2. The number of carbonyl (C=O) groups is 1. The van der Waals surface area contributed by atoms with Crippen LogP contribution in [0.25, 0.3) is 0 Å². The first-order chi connectivity index (χ1) is 11.8. The van der Waals surface area contributed by atoms with Crippen molar-refractivity contribution in [3.8, 4) is 0 Å². The molecule has 1 unspecified atom stereocenters. The molecular formula is C18H23N5O. The van der Waals surface area contributed by atoms with Crippen LogP contribution in [0.5, 0.6) is 0 Å². The topological polar surface area (TPSA) is 63.1 Å². The van der Waals surface area contributed by atoms with E-state index in [1.165, 1.54) is 18.5 Å². The molecule has 0 bridgehead atoms. The van der Waals surface area contributed by atoms with Gasteiger partial charge >= 0.3 is 0 Å². The lowest BCUT2D eigenvalue weighted by molar-refractivity contribution is -0.122. The minimum absolute atomic E-state index is 0.163. The average Bonchev–Trinajstić information content (AvgIpc) is 3.36. The molecule has 0 saturated heterocycles. The summed E-state index contributed by atoms with van der Waals surface area (Å²) in [5.41, 5.74) is 1.24. The molecule has 0 radical (unpaired) electrons. The Morgan fingerprint density at radius 3 is 2.79 bits per heavy atom. The Morgan fingerprint density at radius 1 is 1.17 bits per heavy atom. The molecule has 1 saturated carbocycles. The predicted octanol–water partition coefficient (Wildman–Crippen LogP) is 1.83. The smallest absolute Gasteiger partial charge is 0.225 e. The van der Waals surface area contributed by atoms with E-state index in [9.17, 15) is 4.79 Å². The highest BCUT2D eigenvalue weighted by atomic mass is 16.1. The van der Waals surface area contributed by atoms with E-state index in [0.717, 1.165) is 32.1 Å². The second kappa shape index (κ2) is 6.63. The summed E-state index contributed by atoms with van der Waals surface area (Å²) in [6.45, 7) is 3.27. The van der Waals surface area contributed by atoms with Crippen LogP contribution in [0.15, 0.2) is 36.8 Å². The van der Waals surface area contributed by atoms with Crippen molar-refractivity contribution >= 4 is 11.9 Å².